The summed E-state index contributed by atoms with van der Waals surface area (Å²) in [4.78, 5) is 2.08. The molecule has 0 radical (unpaired) electrons. The molecule has 26 heavy (non-hydrogen) atoms. The number of fused-ring (bicyclic) bond motifs is 1. The maximum atomic E-state index is 6.45. The van der Waals surface area contributed by atoms with Crippen molar-refractivity contribution in [2.75, 3.05) is 40.9 Å². The van der Waals surface area contributed by atoms with Gasteiger partial charge in [-0.1, -0.05) is 23.2 Å². The van der Waals surface area contributed by atoms with E-state index < -0.39 is 0 Å². The van der Waals surface area contributed by atoms with Gasteiger partial charge in [-0.3, -0.25) is 0 Å². The molecule has 0 bridgehead atoms. The lowest BCUT2D eigenvalue weighted by Gasteiger charge is -2.29. The van der Waals surface area contributed by atoms with Crippen LogP contribution in [0.5, 0.6) is 11.5 Å². The Balaban J connectivity index is 1.98. The van der Waals surface area contributed by atoms with Crippen LogP contribution >= 0.6 is 23.2 Å². The van der Waals surface area contributed by atoms with Crippen molar-refractivity contribution in [1.82, 2.24) is 10.2 Å². The molecule has 2 aromatic rings. The number of halogens is 2. The van der Waals surface area contributed by atoms with Gasteiger partial charge >= 0.3 is 0 Å². The average molecular weight is 395 g/mol. The lowest BCUT2D eigenvalue weighted by Crippen LogP contribution is -2.31. The van der Waals surface area contributed by atoms with Crippen molar-refractivity contribution in [3.63, 3.8) is 0 Å². The van der Waals surface area contributed by atoms with E-state index in [9.17, 15) is 0 Å². The minimum Gasteiger partial charge on any atom is -0.493 e. The number of likely N-dealkylation sites (N-methyl/N-ethyl adjacent to an activating group) is 1. The van der Waals surface area contributed by atoms with Crippen molar-refractivity contribution in [3.8, 4) is 11.5 Å². The molecule has 1 atom stereocenters. The average Bonchev–Trinajstić information content (AvgIpc) is 2.62. The Morgan fingerprint density at radius 3 is 2.65 bits per heavy atom. The lowest BCUT2D eigenvalue weighted by molar-refractivity contribution is 0.250. The molecule has 4 nitrogen and oxygen atoms in total. The summed E-state index contributed by atoms with van der Waals surface area (Å²) in [6.07, 6.45) is 0.929. The van der Waals surface area contributed by atoms with Crippen LogP contribution in [-0.4, -0.2) is 45.8 Å². The number of hydrogen-bond acceptors (Lipinski definition) is 4. The van der Waals surface area contributed by atoms with Gasteiger partial charge in [0.15, 0.2) is 11.5 Å². The highest BCUT2D eigenvalue weighted by molar-refractivity contribution is 6.33. The second kappa shape index (κ2) is 8.49. The summed E-state index contributed by atoms with van der Waals surface area (Å²) in [5.74, 6) is 1.51. The van der Waals surface area contributed by atoms with Gasteiger partial charge in [-0.25, -0.2) is 0 Å². The molecular weight excluding hydrogens is 371 g/mol. The summed E-state index contributed by atoms with van der Waals surface area (Å²) in [6, 6.07) is 9.69. The summed E-state index contributed by atoms with van der Waals surface area (Å²) in [5.41, 5.74) is 3.37. The number of nitrogens with one attached hydrogen (secondary N) is 1. The molecule has 0 amide bonds. The summed E-state index contributed by atoms with van der Waals surface area (Å²) >= 11 is 12.7. The Morgan fingerprint density at radius 2 is 1.92 bits per heavy atom. The molecule has 0 aromatic heterocycles. The fraction of sp³-hybridized carbons (Fsp3) is 0.400. The van der Waals surface area contributed by atoms with E-state index in [4.69, 9.17) is 32.7 Å². The molecule has 1 aliphatic heterocycles. The Morgan fingerprint density at radius 1 is 1.12 bits per heavy atom. The van der Waals surface area contributed by atoms with Crippen molar-refractivity contribution in [2.24, 2.45) is 0 Å². The third kappa shape index (κ3) is 4.26. The second-order valence-electron chi connectivity index (χ2n) is 6.66. The molecule has 1 unspecified atom stereocenters. The summed E-state index contributed by atoms with van der Waals surface area (Å²) in [6.45, 7) is 2.30. The Labute approximate surface area is 165 Å². The van der Waals surface area contributed by atoms with Crippen LogP contribution in [0.3, 0.4) is 0 Å². The molecular formula is C20H24Cl2N2O2. The van der Waals surface area contributed by atoms with E-state index >= 15 is 0 Å². The largest absolute Gasteiger partial charge is 0.493 e. The molecule has 3 rings (SSSR count). The molecule has 0 spiro atoms. The first-order chi connectivity index (χ1) is 12.5. The Bertz CT molecular complexity index is 781. The number of hydrogen-bond donors (Lipinski definition) is 1. The predicted octanol–water partition coefficient (Wildman–Crippen LogP) is 4.18. The van der Waals surface area contributed by atoms with Crippen molar-refractivity contribution in [1.29, 1.82) is 0 Å². The van der Waals surface area contributed by atoms with Crippen LogP contribution in [0.2, 0.25) is 10.0 Å². The highest BCUT2D eigenvalue weighted by Crippen LogP contribution is 2.39. The number of rotatable bonds is 6. The zero-order valence-corrected chi connectivity index (χ0v) is 16.8. The second-order valence-corrected chi connectivity index (χ2v) is 7.50. The quantitative estimate of drug-likeness (QED) is 0.796. The zero-order chi connectivity index (χ0) is 18.7. The molecule has 140 valence electrons. The van der Waals surface area contributed by atoms with E-state index in [0.717, 1.165) is 42.1 Å². The number of nitrogens with zero attached hydrogens (tertiary/aromatic N) is 1. The topological polar surface area (TPSA) is 33.7 Å². The van der Waals surface area contributed by atoms with Crippen LogP contribution < -0.4 is 14.8 Å². The van der Waals surface area contributed by atoms with Crippen molar-refractivity contribution >= 4 is 23.2 Å². The molecule has 2 aromatic carbocycles. The molecule has 1 N–H and O–H groups in total. The fourth-order valence-electron chi connectivity index (χ4n) is 3.19. The van der Waals surface area contributed by atoms with E-state index in [-0.39, 0.29) is 6.04 Å². The molecule has 0 fully saturated rings. The van der Waals surface area contributed by atoms with Crippen molar-refractivity contribution in [2.45, 2.75) is 12.5 Å². The van der Waals surface area contributed by atoms with Gasteiger partial charge in [0.25, 0.3) is 0 Å². The van der Waals surface area contributed by atoms with E-state index in [1.807, 2.05) is 26.2 Å². The summed E-state index contributed by atoms with van der Waals surface area (Å²) < 4.78 is 11.5. The molecule has 1 heterocycles. The zero-order valence-electron chi connectivity index (χ0n) is 15.3. The monoisotopic (exact) mass is 394 g/mol. The number of methoxy groups -OCH3 is 1. The summed E-state index contributed by atoms with van der Waals surface area (Å²) in [5, 5.41) is 4.93. The first-order valence-corrected chi connectivity index (χ1v) is 9.42. The smallest absolute Gasteiger partial charge is 0.161 e. The maximum absolute atomic E-state index is 6.45. The molecule has 0 saturated carbocycles. The minimum absolute atomic E-state index is 0.0212. The van der Waals surface area contributed by atoms with Crippen molar-refractivity contribution < 1.29 is 9.47 Å². The van der Waals surface area contributed by atoms with E-state index in [2.05, 4.69) is 22.3 Å². The maximum Gasteiger partial charge on any atom is 0.161 e. The Hall–Kier alpha value is -1.46. The standard InChI is InChI=1S/C20H24Cl2N2O2/c1-24(2)8-9-26-19-12-15-13(10-18(19)25-3)6-7-23-20(15)16-11-14(21)4-5-17(16)22/h4-5,10-12,20,23H,6-9H2,1-3H3. The van der Waals surface area contributed by atoms with Gasteiger partial charge in [-0.2, -0.15) is 0 Å². The normalized spacial score (nSPS) is 16.5. The van der Waals surface area contributed by atoms with Crippen LogP contribution in [-0.2, 0) is 6.42 Å². The van der Waals surface area contributed by atoms with Gasteiger partial charge in [-0.05, 0) is 67.5 Å². The first-order valence-electron chi connectivity index (χ1n) is 8.66. The van der Waals surface area contributed by atoms with Crippen molar-refractivity contribution in [3.05, 3.63) is 57.1 Å². The van der Waals surface area contributed by atoms with E-state index in [0.29, 0.717) is 16.7 Å². The minimum atomic E-state index is -0.0212. The van der Waals surface area contributed by atoms with Gasteiger partial charge in [-0.15, -0.1) is 0 Å². The lowest BCUT2D eigenvalue weighted by atomic mass is 9.89. The summed E-state index contributed by atoms with van der Waals surface area (Å²) in [7, 11) is 5.72. The molecule has 0 saturated heterocycles. The van der Waals surface area contributed by atoms with E-state index in [1.54, 1.807) is 13.2 Å². The van der Waals surface area contributed by atoms with Gasteiger partial charge < -0.3 is 19.7 Å². The third-order valence-corrected chi connectivity index (χ3v) is 5.12. The van der Waals surface area contributed by atoms with Crippen LogP contribution in [0.1, 0.15) is 22.7 Å². The third-order valence-electron chi connectivity index (χ3n) is 4.54. The first kappa shape index (κ1) is 19.3. The van der Waals surface area contributed by atoms with Gasteiger partial charge in [0.05, 0.1) is 13.2 Å². The molecule has 6 heteroatoms. The van der Waals surface area contributed by atoms with Crippen LogP contribution in [0.15, 0.2) is 30.3 Å². The predicted molar refractivity (Wildman–Crippen MR) is 107 cm³/mol. The van der Waals surface area contributed by atoms with Gasteiger partial charge in [0.2, 0.25) is 0 Å². The molecule has 1 aliphatic rings. The van der Waals surface area contributed by atoms with Gasteiger partial charge in [0, 0.05) is 23.1 Å². The fourth-order valence-corrected chi connectivity index (χ4v) is 3.60. The number of ether oxygens (including phenoxy) is 2. The highest BCUT2D eigenvalue weighted by atomic mass is 35.5. The highest BCUT2D eigenvalue weighted by Gasteiger charge is 2.25. The van der Waals surface area contributed by atoms with Crippen LogP contribution in [0, 0.1) is 0 Å². The van der Waals surface area contributed by atoms with Crippen LogP contribution in [0.25, 0.3) is 0 Å². The van der Waals surface area contributed by atoms with Crippen LogP contribution in [0.4, 0.5) is 0 Å². The number of benzene rings is 2. The van der Waals surface area contributed by atoms with Gasteiger partial charge in [0.1, 0.15) is 6.61 Å². The molecule has 0 aliphatic carbocycles. The van der Waals surface area contributed by atoms with E-state index in [1.165, 1.54) is 5.56 Å². The Kier molecular flexibility index (Phi) is 6.30. The SMILES string of the molecule is COc1cc2c(cc1OCCN(C)C)C(c1cc(Cl)ccc1Cl)NCC2.